The number of hydrogen-bond acceptors (Lipinski definition) is 3. The van der Waals surface area contributed by atoms with E-state index in [0.29, 0.717) is 0 Å². The van der Waals surface area contributed by atoms with Crippen LogP contribution in [0.1, 0.15) is 5.56 Å². The first kappa shape index (κ1) is 11.5. The van der Waals surface area contributed by atoms with Crippen molar-refractivity contribution in [3.8, 4) is 0 Å². The van der Waals surface area contributed by atoms with Crippen molar-refractivity contribution in [1.29, 1.82) is 0 Å². The number of nitrogens with two attached hydrogens (primary N) is 2. The molecule has 1 aromatic rings. The van der Waals surface area contributed by atoms with Crippen LogP contribution >= 0.6 is 0 Å². The molecule has 82 valence electrons. The second-order valence-electron chi connectivity index (χ2n) is 2.91. The lowest BCUT2D eigenvalue weighted by Gasteiger charge is -2.01. The topological polar surface area (TPSA) is 111 Å². The van der Waals surface area contributed by atoms with Crippen LogP contribution in [0.15, 0.2) is 33.6 Å². The zero-order chi connectivity index (χ0) is 11.5. The van der Waals surface area contributed by atoms with Crippen LogP contribution in [0.3, 0.4) is 0 Å². The van der Waals surface area contributed by atoms with Crippen molar-refractivity contribution in [2.24, 2.45) is 16.0 Å². The van der Waals surface area contributed by atoms with Crippen molar-refractivity contribution >= 4 is 16.0 Å². The van der Waals surface area contributed by atoms with Gasteiger partial charge in [0.25, 0.3) is 10.0 Å². The number of aryl methyl sites for hydroxylation is 1. The summed E-state index contributed by atoms with van der Waals surface area (Å²) in [5.41, 5.74) is 8.07. The number of hydrogen-bond donors (Lipinski definition) is 3. The monoisotopic (exact) mass is 228 g/mol. The minimum absolute atomic E-state index is 0.0753. The first-order valence-electron chi connectivity index (χ1n) is 4.09. The average Bonchev–Trinajstić information content (AvgIpc) is 2.17. The van der Waals surface area contributed by atoms with Crippen LogP contribution in [0.2, 0.25) is 0 Å². The van der Waals surface area contributed by atoms with Gasteiger partial charge in [0, 0.05) is 0 Å². The van der Waals surface area contributed by atoms with Gasteiger partial charge in [-0.1, -0.05) is 17.7 Å². The number of nitrogens with zero attached hydrogens (tertiary/aromatic N) is 1. The van der Waals surface area contributed by atoms with Gasteiger partial charge in [-0.05, 0) is 19.1 Å². The molecule has 0 radical (unpaired) electrons. The molecule has 1 aromatic carbocycles. The molecule has 0 atom stereocenters. The Morgan fingerprint density at radius 1 is 1.33 bits per heavy atom. The van der Waals surface area contributed by atoms with Gasteiger partial charge < -0.3 is 5.73 Å². The molecule has 0 saturated carbocycles. The molecule has 6 nitrogen and oxygen atoms in total. The van der Waals surface area contributed by atoms with Crippen LogP contribution in [0.5, 0.6) is 0 Å². The van der Waals surface area contributed by atoms with E-state index in [-0.39, 0.29) is 10.9 Å². The summed E-state index contributed by atoms with van der Waals surface area (Å²) >= 11 is 0. The minimum Gasteiger partial charge on any atom is -0.368 e. The number of benzene rings is 1. The summed E-state index contributed by atoms with van der Waals surface area (Å²) in [5.74, 6) is 4.56. The molecule has 0 amide bonds. The Bertz CT molecular complexity index is 464. The van der Waals surface area contributed by atoms with E-state index in [1.165, 1.54) is 12.1 Å². The van der Waals surface area contributed by atoms with Crippen LogP contribution in [0.25, 0.3) is 0 Å². The van der Waals surface area contributed by atoms with Crippen LogP contribution in [-0.4, -0.2) is 14.4 Å². The Labute approximate surface area is 88.0 Å². The molecule has 0 aliphatic heterocycles. The number of sulfonamides is 1. The van der Waals surface area contributed by atoms with E-state index in [1.807, 2.05) is 12.3 Å². The molecule has 7 heteroatoms. The Kier molecular flexibility index (Phi) is 3.28. The zero-order valence-corrected chi connectivity index (χ0v) is 8.95. The van der Waals surface area contributed by atoms with Gasteiger partial charge in [0.1, 0.15) is 0 Å². The molecule has 0 unspecified atom stereocenters. The third-order valence-corrected chi connectivity index (χ3v) is 2.99. The minimum atomic E-state index is -3.77. The lowest BCUT2D eigenvalue weighted by molar-refractivity contribution is 0.597. The summed E-state index contributed by atoms with van der Waals surface area (Å²) in [6, 6.07) is 6.26. The van der Waals surface area contributed by atoms with Gasteiger partial charge >= 0.3 is 0 Å². The Hall–Kier alpha value is -1.60. The van der Waals surface area contributed by atoms with Gasteiger partial charge in [-0.15, -0.1) is 4.40 Å². The Morgan fingerprint density at radius 2 is 1.87 bits per heavy atom. The van der Waals surface area contributed by atoms with Crippen LogP contribution in [0, 0.1) is 6.92 Å². The van der Waals surface area contributed by atoms with Gasteiger partial charge in [-0.2, -0.15) is 8.42 Å². The van der Waals surface area contributed by atoms with Gasteiger partial charge in [-0.3, -0.25) is 5.43 Å². The highest BCUT2D eigenvalue weighted by Crippen LogP contribution is 2.12. The van der Waals surface area contributed by atoms with Crippen LogP contribution in [-0.2, 0) is 10.0 Å². The second kappa shape index (κ2) is 4.28. The summed E-state index contributed by atoms with van der Waals surface area (Å²) in [4.78, 5) is 0.0753. The molecule has 1 rings (SSSR count). The highest BCUT2D eigenvalue weighted by molar-refractivity contribution is 7.90. The molecule has 0 aromatic heterocycles. The van der Waals surface area contributed by atoms with E-state index in [9.17, 15) is 8.42 Å². The molecule has 0 aliphatic carbocycles. The van der Waals surface area contributed by atoms with E-state index >= 15 is 0 Å². The maximum atomic E-state index is 11.5. The van der Waals surface area contributed by atoms with E-state index in [1.54, 1.807) is 12.1 Å². The van der Waals surface area contributed by atoms with E-state index < -0.39 is 10.0 Å². The fourth-order valence-corrected chi connectivity index (χ4v) is 1.82. The Morgan fingerprint density at radius 3 is 2.33 bits per heavy atom. The molecular weight excluding hydrogens is 216 g/mol. The van der Waals surface area contributed by atoms with E-state index in [4.69, 9.17) is 11.6 Å². The third kappa shape index (κ3) is 2.93. The SMILES string of the molecule is Cc1ccc(S(=O)(=O)N=C(N)NN)cc1. The summed E-state index contributed by atoms with van der Waals surface area (Å²) in [6.07, 6.45) is 0. The van der Waals surface area contributed by atoms with Crippen molar-refractivity contribution < 1.29 is 8.42 Å². The predicted molar refractivity (Wildman–Crippen MR) is 57.3 cm³/mol. The van der Waals surface area contributed by atoms with E-state index in [2.05, 4.69) is 4.40 Å². The van der Waals surface area contributed by atoms with Gasteiger partial charge in [0.15, 0.2) is 0 Å². The lowest BCUT2D eigenvalue weighted by Crippen LogP contribution is -2.37. The molecule has 0 spiro atoms. The standard InChI is InChI=1S/C8H12N4O2S/c1-6-2-4-7(5-3-6)15(13,14)12-8(9)11-10/h2-5H,10H2,1H3,(H3,9,11,12). The van der Waals surface area contributed by atoms with Crippen molar-refractivity contribution in [3.05, 3.63) is 29.8 Å². The molecule has 0 saturated heterocycles. The fourth-order valence-electron chi connectivity index (χ4n) is 0.919. The highest BCUT2D eigenvalue weighted by Gasteiger charge is 2.12. The highest BCUT2D eigenvalue weighted by atomic mass is 32.2. The largest absolute Gasteiger partial charge is 0.368 e. The summed E-state index contributed by atoms with van der Waals surface area (Å²) in [7, 11) is -3.77. The lowest BCUT2D eigenvalue weighted by atomic mass is 10.2. The fraction of sp³-hybridized carbons (Fsp3) is 0.125. The van der Waals surface area contributed by atoms with Gasteiger partial charge in [0.05, 0.1) is 4.90 Å². The smallest absolute Gasteiger partial charge is 0.285 e. The average molecular weight is 228 g/mol. The molecule has 5 N–H and O–H groups in total. The first-order chi connectivity index (χ1) is 6.95. The van der Waals surface area contributed by atoms with Crippen molar-refractivity contribution in [3.63, 3.8) is 0 Å². The third-order valence-electron chi connectivity index (χ3n) is 1.69. The summed E-state index contributed by atoms with van der Waals surface area (Å²) in [6.45, 7) is 1.86. The van der Waals surface area contributed by atoms with E-state index in [0.717, 1.165) is 5.56 Å². The number of nitrogens with one attached hydrogen (secondary N) is 1. The number of hydrazine groups is 1. The molecule has 0 heterocycles. The summed E-state index contributed by atoms with van der Waals surface area (Å²) in [5, 5.41) is 0. The molecule has 0 aliphatic rings. The Balaban J connectivity index is 3.13. The molecular formula is C8H12N4O2S. The number of guanidine groups is 1. The van der Waals surface area contributed by atoms with Gasteiger partial charge in [-0.25, -0.2) is 5.84 Å². The van der Waals surface area contributed by atoms with Crippen molar-refractivity contribution in [1.82, 2.24) is 5.43 Å². The maximum absolute atomic E-state index is 11.5. The van der Waals surface area contributed by atoms with Crippen LogP contribution in [0.4, 0.5) is 0 Å². The second-order valence-corrected chi connectivity index (χ2v) is 4.51. The summed E-state index contributed by atoms with van der Waals surface area (Å²) < 4.78 is 26.4. The molecule has 0 bridgehead atoms. The predicted octanol–water partition coefficient (Wildman–Crippen LogP) is -0.538. The van der Waals surface area contributed by atoms with Crippen LogP contribution < -0.4 is 17.0 Å². The molecule has 15 heavy (non-hydrogen) atoms. The van der Waals surface area contributed by atoms with Crippen molar-refractivity contribution in [2.75, 3.05) is 0 Å². The quantitative estimate of drug-likeness (QED) is 0.272. The normalized spacial score (nSPS) is 12.5. The number of rotatable bonds is 2. The first-order valence-corrected chi connectivity index (χ1v) is 5.53. The van der Waals surface area contributed by atoms with Gasteiger partial charge in [0.2, 0.25) is 5.96 Å². The maximum Gasteiger partial charge on any atom is 0.285 e. The van der Waals surface area contributed by atoms with Crippen molar-refractivity contribution in [2.45, 2.75) is 11.8 Å². The molecule has 0 fully saturated rings. The zero-order valence-electron chi connectivity index (χ0n) is 8.14.